The molecule has 1 N–H and O–H groups in total. The highest BCUT2D eigenvalue weighted by Crippen LogP contribution is 2.46. The molecule has 0 aromatic rings. The molecule has 1 rings (SSSR count). The van der Waals surface area contributed by atoms with E-state index in [9.17, 15) is 9.36 Å². The molecule has 14 heavy (non-hydrogen) atoms. The van der Waals surface area contributed by atoms with Crippen LogP contribution in [0.25, 0.3) is 0 Å². The number of methoxy groups -OCH3 is 1. The quantitative estimate of drug-likeness (QED) is 0.577. The maximum atomic E-state index is 11.7. The molecule has 1 aliphatic rings. The Morgan fingerprint density at radius 3 is 2.43 bits per heavy atom. The summed E-state index contributed by atoms with van der Waals surface area (Å²) in [6.07, 6.45) is 0.636. The van der Waals surface area contributed by atoms with Crippen LogP contribution in [0, 0.1) is 0 Å². The highest BCUT2D eigenvalue weighted by atomic mass is 35.5. The van der Waals surface area contributed by atoms with E-state index in [0.717, 1.165) is 0 Å². The molecule has 0 bridgehead atoms. The molecule has 2 atom stereocenters. The van der Waals surface area contributed by atoms with Crippen LogP contribution >= 0.6 is 19.5 Å². The summed E-state index contributed by atoms with van der Waals surface area (Å²) in [5, 5.41) is 3.02. The summed E-state index contributed by atoms with van der Waals surface area (Å²) in [4.78, 5) is 11.1. The van der Waals surface area contributed by atoms with Gasteiger partial charge in [-0.25, -0.2) is 0 Å². The monoisotopic (exact) mass is 241 g/mol. The molecular formula is C8H17ClNO3P. The number of hydrogen-bond acceptors (Lipinski definition) is 4. The van der Waals surface area contributed by atoms with Crippen LogP contribution in [-0.2, 0) is 14.1 Å². The predicted molar refractivity (Wildman–Crippen MR) is 58.9 cm³/mol. The zero-order valence-electron chi connectivity index (χ0n) is 8.65. The summed E-state index contributed by atoms with van der Waals surface area (Å²) in [5.74, 6) is -0.254. The average molecular weight is 242 g/mol. The highest BCUT2D eigenvalue weighted by Gasteiger charge is 2.35. The first kappa shape index (κ1) is 13.9. The van der Waals surface area contributed by atoms with E-state index in [0.29, 0.717) is 13.0 Å². The molecule has 0 spiro atoms. The number of nitrogens with one attached hydrogen (secondary N) is 1. The van der Waals surface area contributed by atoms with E-state index in [1.807, 2.05) is 0 Å². The zero-order valence-corrected chi connectivity index (χ0v) is 10.4. The van der Waals surface area contributed by atoms with E-state index in [-0.39, 0.29) is 30.1 Å². The minimum atomic E-state index is -2.07. The van der Waals surface area contributed by atoms with Gasteiger partial charge in [-0.3, -0.25) is 4.79 Å². The second-order valence-corrected chi connectivity index (χ2v) is 7.41. The van der Waals surface area contributed by atoms with Gasteiger partial charge in [0.1, 0.15) is 6.04 Å². The van der Waals surface area contributed by atoms with Crippen molar-refractivity contribution in [1.82, 2.24) is 5.32 Å². The molecule has 1 heterocycles. The first-order chi connectivity index (χ1) is 5.95. The zero-order chi connectivity index (χ0) is 10.1. The Balaban J connectivity index is 0.00000169. The number of esters is 1. The van der Waals surface area contributed by atoms with Crippen LogP contribution < -0.4 is 5.32 Å². The van der Waals surface area contributed by atoms with Gasteiger partial charge < -0.3 is 14.6 Å². The van der Waals surface area contributed by atoms with Crippen molar-refractivity contribution in [2.45, 2.75) is 18.1 Å². The smallest absolute Gasteiger partial charge is 0.322 e. The predicted octanol–water partition coefficient (Wildman–Crippen LogP) is 0.934. The molecule has 0 radical (unpaired) electrons. The van der Waals surface area contributed by atoms with Crippen molar-refractivity contribution in [2.75, 3.05) is 27.0 Å². The second-order valence-electron chi connectivity index (χ2n) is 3.81. The number of carbonyl (C=O) groups is 1. The number of carbonyl (C=O) groups excluding carboxylic acids is 1. The van der Waals surface area contributed by atoms with Gasteiger partial charge in [-0.15, -0.1) is 12.4 Å². The molecule has 1 aliphatic heterocycles. The molecule has 0 unspecified atom stereocenters. The van der Waals surface area contributed by atoms with Crippen LogP contribution in [0.3, 0.4) is 0 Å². The molecule has 1 saturated heterocycles. The van der Waals surface area contributed by atoms with Crippen LogP contribution in [0.1, 0.15) is 6.42 Å². The number of hydrogen-bond donors (Lipinski definition) is 1. The first-order valence-corrected chi connectivity index (χ1v) is 6.98. The van der Waals surface area contributed by atoms with E-state index in [1.54, 1.807) is 13.3 Å². The third-order valence-electron chi connectivity index (χ3n) is 2.47. The van der Waals surface area contributed by atoms with Crippen molar-refractivity contribution < 1.29 is 14.1 Å². The van der Waals surface area contributed by atoms with Crippen LogP contribution in [0.5, 0.6) is 0 Å². The Kier molecular flexibility index (Phi) is 5.13. The fourth-order valence-corrected chi connectivity index (χ4v) is 2.78. The summed E-state index contributed by atoms with van der Waals surface area (Å²) in [6, 6.07) is -0.261. The van der Waals surface area contributed by atoms with Gasteiger partial charge in [0.15, 0.2) is 0 Å². The van der Waals surface area contributed by atoms with Crippen molar-refractivity contribution >= 4 is 25.5 Å². The van der Waals surface area contributed by atoms with Crippen LogP contribution in [0.4, 0.5) is 0 Å². The van der Waals surface area contributed by atoms with Crippen molar-refractivity contribution in [1.29, 1.82) is 0 Å². The SMILES string of the molecule is COC(=O)[C@@H]1C[C@H](P(C)(C)=O)CN1.Cl. The van der Waals surface area contributed by atoms with E-state index >= 15 is 0 Å². The lowest BCUT2D eigenvalue weighted by Gasteiger charge is -2.13. The molecule has 4 nitrogen and oxygen atoms in total. The van der Waals surface area contributed by atoms with E-state index in [2.05, 4.69) is 10.1 Å². The topological polar surface area (TPSA) is 55.4 Å². The van der Waals surface area contributed by atoms with E-state index < -0.39 is 7.14 Å². The molecule has 1 fully saturated rings. The van der Waals surface area contributed by atoms with Crippen molar-refractivity contribution in [3.8, 4) is 0 Å². The first-order valence-electron chi connectivity index (χ1n) is 4.31. The maximum absolute atomic E-state index is 11.7. The van der Waals surface area contributed by atoms with Gasteiger partial charge in [-0.2, -0.15) is 0 Å². The Labute approximate surface area is 90.6 Å². The minimum Gasteiger partial charge on any atom is -0.468 e. The summed E-state index contributed by atoms with van der Waals surface area (Å²) in [7, 11) is -0.701. The standard InChI is InChI=1S/C8H16NO3P.ClH/c1-12-8(10)7-4-6(5-9-7)13(2,3)11;/h6-7,9H,4-5H2,1-3H3;1H/t6-,7-;/m0./s1. The lowest BCUT2D eigenvalue weighted by atomic mass is 10.2. The van der Waals surface area contributed by atoms with Gasteiger partial charge in [0.25, 0.3) is 0 Å². The summed E-state index contributed by atoms with van der Waals surface area (Å²) >= 11 is 0. The minimum absolute atomic E-state index is 0. The average Bonchev–Trinajstić information content (AvgIpc) is 2.50. The normalized spacial score (nSPS) is 26.8. The van der Waals surface area contributed by atoms with Gasteiger partial charge in [-0.1, -0.05) is 0 Å². The highest BCUT2D eigenvalue weighted by molar-refractivity contribution is 7.63. The molecule has 0 saturated carbocycles. The second kappa shape index (κ2) is 5.15. The lowest BCUT2D eigenvalue weighted by Crippen LogP contribution is -2.31. The Bertz CT molecular complexity index is 253. The summed E-state index contributed by atoms with van der Waals surface area (Å²) < 4.78 is 16.3. The lowest BCUT2D eigenvalue weighted by molar-refractivity contribution is -0.142. The molecule has 0 aliphatic carbocycles. The molecule has 0 amide bonds. The Morgan fingerprint density at radius 1 is 1.50 bits per heavy atom. The van der Waals surface area contributed by atoms with Gasteiger partial charge >= 0.3 is 5.97 Å². The van der Waals surface area contributed by atoms with Crippen molar-refractivity contribution in [2.24, 2.45) is 0 Å². The fourth-order valence-electron chi connectivity index (χ4n) is 1.51. The number of halogens is 1. The fraction of sp³-hybridized carbons (Fsp3) is 0.875. The largest absolute Gasteiger partial charge is 0.468 e. The van der Waals surface area contributed by atoms with E-state index in [4.69, 9.17) is 0 Å². The third-order valence-corrected chi connectivity index (χ3v) is 4.62. The van der Waals surface area contributed by atoms with Crippen LogP contribution in [0.15, 0.2) is 0 Å². The molecule has 6 heteroatoms. The maximum Gasteiger partial charge on any atom is 0.322 e. The van der Waals surface area contributed by atoms with Crippen molar-refractivity contribution in [3.05, 3.63) is 0 Å². The molecular weight excluding hydrogens is 225 g/mol. The summed E-state index contributed by atoms with van der Waals surface area (Å²) in [6.45, 7) is 4.18. The molecule has 84 valence electrons. The van der Waals surface area contributed by atoms with Gasteiger partial charge in [0, 0.05) is 12.2 Å². The van der Waals surface area contributed by atoms with Crippen LogP contribution in [0.2, 0.25) is 0 Å². The third kappa shape index (κ3) is 3.26. The van der Waals surface area contributed by atoms with Gasteiger partial charge in [0.05, 0.1) is 14.3 Å². The number of rotatable bonds is 2. The number of ether oxygens (including phenoxy) is 1. The van der Waals surface area contributed by atoms with E-state index in [1.165, 1.54) is 7.11 Å². The van der Waals surface area contributed by atoms with Crippen LogP contribution in [-0.4, -0.2) is 44.7 Å². The molecule has 0 aromatic heterocycles. The van der Waals surface area contributed by atoms with Gasteiger partial charge in [-0.05, 0) is 19.8 Å². The Hall–Kier alpha value is -0.0500. The van der Waals surface area contributed by atoms with Crippen molar-refractivity contribution in [3.63, 3.8) is 0 Å². The van der Waals surface area contributed by atoms with Gasteiger partial charge in [0.2, 0.25) is 0 Å². The molecule has 0 aromatic carbocycles. The summed E-state index contributed by atoms with van der Waals surface area (Å²) in [5.41, 5.74) is 0.122. The Morgan fingerprint density at radius 2 is 2.07 bits per heavy atom.